The van der Waals surface area contributed by atoms with Crippen LogP contribution >= 0.6 is 23.4 Å². The van der Waals surface area contributed by atoms with Crippen molar-refractivity contribution in [2.75, 3.05) is 23.7 Å². The van der Waals surface area contributed by atoms with E-state index in [9.17, 15) is 18.8 Å². The van der Waals surface area contributed by atoms with Gasteiger partial charge in [0.15, 0.2) is 5.25 Å². The molecule has 0 spiro atoms. The third kappa shape index (κ3) is 4.29. The number of thioether (sulfide) groups is 1. The molecular formula is C21H19ClFN3O3S. The first kappa shape index (κ1) is 20.7. The molecule has 0 radical (unpaired) electrons. The van der Waals surface area contributed by atoms with Gasteiger partial charge >= 0.3 is 0 Å². The molecule has 156 valence electrons. The molecule has 1 fully saturated rings. The molecule has 0 aromatic heterocycles. The van der Waals surface area contributed by atoms with Crippen molar-refractivity contribution in [1.82, 2.24) is 4.90 Å². The van der Waals surface area contributed by atoms with E-state index < -0.39 is 11.1 Å². The van der Waals surface area contributed by atoms with Crippen molar-refractivity contribution < 1.29 is 18.8 Å². The molecule has 0 saturated carbocycles. The van der Waals surface area contributed by atoms with Crippen LogP contribution in [-0.2, 0) is 14.4 Å². The number of piperidine rings is 1. The first-order valence-corrected chi connectivity index (χ1v) is 10.8. The van der Waals surface area contributed by atoms with Crippen LogP contribution in [0.1, 0.15) is 12.8 Å². The SMILES string of the molecule is O=C(Nc1ccc(F)c(Cl)c1)C1CCN(C(=O)C2Sc3ccccc3NC2=O)CC1. The number of hydrogen-bond acceptors (Lipinski definition) is 4. The molecule has 0 bridgehead atoms. The van der Waals surface area contributed by atoms with Gasteiger partial charge in [-0.2, -0.15) is 0 Å². The number of hydrogen-bond donors (Lipinski definition) is 2. The number of carbonyl (C=O) groups excluding carboxylic acids is 3. The minimum atomic E-state index is -0.827. The summed E-state index contributed by atoms with van der Waals surface area (Å²) in [5.74, 6) is -1.57. The van der Waals surface area contributed by atoms with E-state index in [0.717, 1.165) is 4.90 Å². The van der Waals surface area contributed by atoms with Crippen LogP contribution in [0.25, 0.3) is 0 Å². The van der Waals surface area contributed by atoms with Crippen molar-refractivity contribution in [1.29, 1.82) is 0 Å². The summed E-state index contributed by atoms with van der Waals surface area (Å²) in [5, 5.41) is 4.64. The van der Waals surface area contributed by atoms with Crippen LogP contribution in [-0.4, -0.2) is 41.0 Å². The number of rotatable bonds is 3. The molecule has 2 aromatic rings. The monoisotopic (exact) mass is 447 g/mol. The standard InChI is InChI=1S/C21H19ClFN3O3S/c22-14-11-13(5-6-15(14)23)24-19(27)12-7-9-26(10-8-12)21(29)18-20(28)25-16-3-1-2-4-17(16)30-18/h1-6,11-12,18H,7-10H2,(H,24,27)(H,25,28). The first-order chi connectivity index (χ1) is 14.4. The van der Waals surface area contributed by atoms with Crippen LogP contribution < -0.4 is 10.6 Å². The maximum Gasteiger partial charge on any atom is 0.247 e. The highest BCUT2D eigenvalue weighted by Crippen LogP contribution is 2.36. The van der Waals surface area contributed by atoms with Crippen LogP contribution in [0.15, 0.2) is 47.4 Å². The zero-order chi connectivity index (χ0) is 21.3. The molecule has 1 saturated heterocycles. The summed E-state index contributed by atoms with van der Waals surface area (Å²) in [4.78, 5) is 40.3. The van der Waals surface area contributed by atoms with Crippen LogP contribution in [0.3, 0.4) is 0 Å². The molecule has 1 atom stereocenters. The molecule has 2 aromatic carbocycles. The summed E-state index contributed by atoms with van der Waals surface area (Å²) in [6, 6.07) is 11.4. The van der Waals surface area contributed by atoms with Crippen molar-refractivity contribution in [3.8, 4) is 0 Å². The van der Waals surface area contributed by atoms with Crippen LogP contribution in [0.5, 0.6) is 0 Å². The summed E-state index contributed by atoms with van der Waals surface area (Å²) in [7, 11) is 0. The topological polar surface area (TPSA) is 78.5 Å². The third-order valence-electron chi connectivity index (χ3n) is 5.22. The predicted octanol–water partition coefficient (Wildman–Crippen LogP) is 3.77. The molecule has 6 nitrogen and oxygen atoms in total. The summed E-state index contributed by atoms with van der Waals surface area (Å²) >= 11 is 7.00. The lowest BCUT2D eigenvalue weighted by Gasteiger charge is -2.34. The molecule has 0 aliphatic carbocycles. The number of benzene rings is 2. The van der Waals surface area contributed by atoms with Gasteiger partial charge in [0.1, 0.15) is 5.82 Å². The van der Waals surface area contributed by atoms with Gasteiger partial charge in [-0.05, 0) is 43.2 Å². The van der Waals surface area contributed by atoms with Gasteiger partial charge in [0.25, 0.3) is 0 Å². The quantitative estimate of drug-likeness (QED) is 0.702. The molecule has 9 heteroatoms. The molecule has 30 heavy (non-hydrogen) atoms. The first-order valence-electron chi connectivity index (χ1n) is 9.53. The number of anilines is 2. The van der Waals surface area contributed by atoms with Crippen molar-refractivity contribution in [3.05, 3.63) is 53.3 Å². The van der Waals surface area contributed by atoms with Gasteiger partial charge in [0, 0.05) is 29.6 Å². The number of nitrogens with one attached hydrogen (secondary N) is 2. The lowest BCUT2D eigenvalue weighted by molar-refractivity contribution is -0.136. The summed E-state index contributed by atoms with van der Waals surface area (Å²) in [5.41, 5.74) is 1.15. The number of carbonyl (C=O) groups is 3. The molecule has 2 N–H and O–H groups in total. The van der Waals surface area contributed by atoms with E-state index in [-0.39, 0.29) is 28.7 Å². The predicted molar refractivity (Wildman–Crippen MR) is 114 cm³/mol. The van der Waals surface area contributed by atoms with Gasteiger partial charge in [-0.15, -0.1) is 11.8 Å². The second-order valence-corrected chi connectivity index (χ2v) is 8.76. The summed E-state index contributed by atoms with van der Waals surface area (Å²) in [6.07, 6.45) is 0.976. The van der Waals surface area contributed by atoms with Gasteiger partial charge in [-0.25, -0.2) is 4.39 Å². The average Bonchev–Trinajstić information content (AvgIpc) is 2.75. The minimum Gasteiger partial charge on any atom is -0.341 e. The van der Waals surface area contributed by atoms with Crippen molar-refractivity contribution >= 4 is 52.5 Å². The fourth-order valence-corrected chi connectivity index (χ4v) is 4.81. The Bertz CT molecular complexity index is 1010. The van der Waals surface area contributed by atoms with Crippen molar-refractivity contribution in [3.63, 3.8) is 0 Å². The number of amides is 3. The minimum absolute atomic E-state index is 0.0574. The third-order valence-corrected chi connectivity index (χ3v) is 6.77. The lowest BCUT2D eigenvalue weighted by Crippen LogP contribution is -2.48. The normalized spacial score (nSPS) is 19.1. The highest BCUT2D eigenvalue weighted by molar-refractivity contribution is 8.01. The van der Waals surface area contributed by atoms with Crippen LogP contribution in [0, 0.1) is 11.7 Å². The Hall–Kier alpha value is -2.58. The molecule has 2 heterocycles. The second kappa shape index (κ2) is 8.65. The van der Waals surface area contributed by atoms with E-state index in [4.69, 9.17) is 11.6 Å². The van der Waals surface area contributed by atoms with Gasteiger partial charge in [-0.1, -0.05) is 23.7 Å². The highest BCUT2D eigenvalue weighted by Gasteiger charge is 2.37. The van der Waals surface area contributed by atoms with E-state index in [2.05, 4.69) is 10.6 Å². The van der Waals surface area contributed by atoms with E-state index >= 15 is 0 Å². The van der Waals surface area contributed by atoms with Crippen molar-refractivity contribution in [2.45, 2.75) is 23.0 Å². The molecule has 2 aliphatic rings. The zero-order valence-corrected chi connectivity index (χ0v) is 17.4. The molecule has 1 unspecified atom stereocenters. The Morgan fingerprint density at radius 1 is 1.17 bits per heavy atom. The van der Waals surface area contributed by atoms with E-state index in [1.165, 1.54) is 30.0 Å². The highest BCUT2D eigenvalue weighted by atomic mass is 35.5. The molecule has 3 amide bonds. The van der Waals surface area contributed by atoms with Crippen LogP contribution in [0.4, 0.5) is 15.8 Å². The fraction of sp³-hybridized carbons (Fsp3) is 0.286. The smallest absolute Gasteiger partial charge is 0.247 e. The number of fused-ring (bicyclic) bond motifs is 1. The molecule has 4 rings (SSSR count). The lowest BCUT2D eigenvalue weighted by atomic mass is 9.95. The maximum absolute atomic E-state index is 13.3. The zero-order valence-electron chi connectivity index (χ0n) is 15.9. The Labute approximate surface area is 182 Å². The average molecular weight is 448 g/mol. The van der Waals surface area contributed by atoms with E-state index in [1.807, 2.05) is 18.2 Å². The number of para-hydroxylation sites is 1. The number of nitrogens with zero attached hydrogens (tertiary/aromatic N) is 1. The Balaban J connectivity index is 1.34. The number of likely N-dealkylation sites (tertiary alicyclic amines) is 1. The van der Waals surface area contributed by atoms with E-state index in [1.54, 1.807) is 11.0 Å². The molecular weight excluding hydrogens is 429 g/mol. The maximum atomic E-state index is 13.3. The van der Waals surface area contributed by atoms with Gasteiger partial charge in [0.2, 0.25) is 17.7 Å². The summed E-state index contributed by atoms with van der Waals surface area (Å²) < 4.78 is 13.3. The van der Waals surface area contributed by atoms with Crippen LogP contribution in [0.2, 0.25) is 5.02 Å². The van der Waals surface area contributed by atoms with Crippen molar-refractivity contribution in [2.24, 2.45) is 5.92 Å². The largest absolute Gasteiger partial charge is 0.341 e. The Morgan fingerprint density at radius 2 is 1.90 bits per heavy atom. The fourth-order valence-electron chi connectivity index (χ4n) is 3.56. The van der Waals surface area contributed by atoms with Gasteiger partial charge in [0.05, 0.1) is 10.7 Å². The Kier molecular flexibility index (Phi) is 5.97. The number of halogens is 2. The Morgan fingerprint density at radius 3 is 2.63 bits per heavy atom. The van der Waals surface area contributed by atoms with Gasteiger partial charge < -0.3 is 15.5 Å². The second-order valence-electron chi connectivity index (χ2n) is 7.20. The van der Waals surface area contributed by atoms with E-state index in [0.29, 0.717) is 37.3 Å². The molecule has 2 aliphatic heterocycles. The van der Waals surface area contributed by atoms with Gasteiger partial charge in [-0.3, -0.25) is 14.4 Å². The summed E-state index contributed by atoms with van der Waals surface area (Å²) in [6.45, 7) is 0.792.